The summed E-state index contributed by atoms with van der Waals surface area (Å²) in [7, 11) is 3.25. The summed E-state index contributed by atoms with van der Waals surface area (Å²) in [6, 6.07) is 7.32. The fourth-order valence-corrected chi connectivity index (χ4v) is 1.45. The highest BCUT2D eigenvalue weighted by Gasteiger charge is 2.07. The molecular formula is C13H14FN3O2. The molecule has 0 aliphatic carbocycles. The molecule has 0 spiro atoms. The predicted molar refractivity (Wildman–Crippen MR) is 68.9 cm³/mol. The molecule has 0 saturated carbocycles. The van der Waals surface area contributed by atoms with Crippen molar-refractivity contribution >= 4 is 5.95 Å². The Morgan fingerprint density at radius 2 is 2.00 bits per heavy atom. The number of aromatic nitrogens is 2. The molecule has 100 valence electrons. The second-order valence-electron chi connectivity index (χ2n) is 3.73. The van der Waals surface area contributed by atoms with Gasteiger partial charge in [0.15, 0.2) is 0 Å². The second-order valence-corrected chi connectivity index (χ2v) is 3.73. The Morgan fingerprint density at radius 1 is 1.26 bits per heavy atom. The Morgan fingerprint density at radius 3 is 2.63 bits per heavy atom. The quantitative estimate of drug-likeness (QED) is 0.896. The number of nitrogens with zero attached hydrogens (tertiary/aromatic N) is 2. The Hall–Kier alpha value is -2.37. The van der Waals surface area contributed by atoms with Gasteiger partial charge in [-0.25, -0.2) is 4.98 Å². The molecule has 0 saturated heterocycles. The molecule has 0 unspecified atom stereocenters. The molecule has 5 nitrogen and oxygen atoms in total. The number of rotatable bonds is 5. The van der Waals surface area contributed by atoms with Crippen molar-refractivity contribution in [1.82, 2.24) is 9.97 Å². The first-order valence-corrected chi connectivity index (χ1v) is 5.69. The highest BCUT2D eigenvalue weighted by Crippen LogP contribution is 2.17. The summed E-state index contributed by atoms with van der Waals surface area (Å²) < 4.78 is 23.8. The number of halogens is 1. The van der Waals surface area contributed by atoms with Gasteiger partial charge in [0, 0.05) is 7.05 Å². The fourth-order valence-electron chi connectivity index (χ4n) is 1.45. The number of anilines is 1. The van der Waals surface area contributed by atoms with Crippen LogP contribution in [0.2, 0.25) is 0 Å². The summed E-state index contributed by atoms with van der Waals surface area (Å²) in [5, 5.41) is 2.72. The van der Waals surface area contributed by atoms with Crippen LogP contribution in [0.3, 0.4) is 0 Å². The van der Waals surface area contributed by atoms with E-state index >= 15 is 0 Å². The van der Waals surface area contributed by atoms with E-state index in [9.17, 15) is 4.39 Å². The smallest absolute Gasteiger partial charge is 0.255 e. The summed E-state index contributed by atoms with van der Waals surface area (Å²) in [6.07, 6.45) is 1.07. The van der Waals surface area contributed by atoms with E-state index in [0.717, 1.165) is 17.5 Å². The topological polar surface area (TPSA) is 56.3 Å². The number of benzene rings is 1. The minimum absolute atomic E-state index is 0.0739. The maximum absolute atomic E-state index is 13.4. The van der Waals surface area contributed by atoms with Gasteiger partial charge in [-0.15, -0.1) is 0 Å². The lowest BCUT2D eigenvalue weighted by Crippen LogP contribution is -2.03. The number of hydrogen-bond donors (Lipinski definition) is 1. The number of hydrogen-bond acceptors (Lipinski definition) is 5. The van der Waals surface area contributed by atoms with Gasteiger partial charge in [-0.1, -0.05) is 12.1 Å². The standard InChI is InChI=1S/C13H14FN3O2/c1-15-13-16-7-11(14)12(17-13)19-8-9-3-5-10(18-2)6-4-9/h3-7H,8H2,1-2H3,(H,15,16,17). The summed E-state index contributed by atoms with van der Waals surface area (Å²) in [5.41, 5.74) is 0.893. The Labute approximate surface area is 110 Å². The summed E-state index contributed by atoms with van der Waals surface area (Å²) in [6.45, 7) is 0.223. The molecule has 19 heavy (non-hydrogen) atoms. The summed E-state index contributed by atoms with van der Waals surface area (Å²) in [5.74, 6) is 0.406. The SMILES string of the molecule is CNc1ncc(F)c(OCc2ccc(OC)cc2)n1. The van der Waals surface area contributed by atoms with E-state index in [1.807, 2.05) is 24.3 Å². The lowest BCUT2D eigenvalue weighted by Gasteiger charge is -2.08. The minimum atomic E-state index is -0.590. The van der Waals surface area contributed by atoms with Crippen LogP contribution in [0, 0.1) is 5.82 Å². The average Bonchev–Trinajstić information content (AvgIpc) is 2.47. The molecule has 0 atom stereocenters. The van der Waals surface area contributed by atoms with Crippen molar-refractivity contribution in [2.45, 2.75) is 6.61 Å². The van der Waals surface area contributed by atoms with E-state index in [1.165, 1.54) is 0 Å². The zero-order valence-corrected chi connectivity index (χ0v) is 10.7. The third kappa shape index (κ3) is 3.31. The van der Waals surface area contributed by atoms with Gasteiger partial charge in [0.2, 0.25) is 11.8 Å². The highest BCUT2D eigenvalue weighted by molar-refractivity contribution is 5.29. The Kier molecular flexibility index (Phi) is 4.12. The normalized spacial score (nSPS) is 10.1. The second kappa shape index (κ2) is 5.99. The van der Waals surface area contributed by atoms with Crippen LogP contribution in [0.25, 0.3) is 0 Å². The first kappa shape index (κ1) is 13.1. The average molecular weight is 263 g/mol. The molecule has 0 fully saturated rings. The van der Waals surface area contributed by atoms with Gasteiger partial charge in [0.25, 0.3) is 5.88 Å². The molecule has 0 amide bonds. The predicted octanol–water partition coefficient (Wildman–Crippen LogP) is 2.25. The van der Waals surface area contributed by atoms with Gasteiger partial charge >= 0.3 is 0 Å². The molecule has 1 N–H and O–H groups in total. The van der Waals surface area contributed by atoms with Gasteiger partial charge in [-0.05, 0) is 17.7 Å². The van der Waals surface area contributed by atoms with E-state index in [2.05, 4.69) is 15.3 Å². The monoisotopic (exact) mass is 263 g/mol. The van der Waals surface area contributed by atoms with Crippen molar-refractivity contribution in [2.75, 3.05) is 19.5 Å². The zero-order chi connectivity index (χ0) is 13.7. The van der Waals surface area contributed by atoms with Crippen LogP contribution in [-0.4, -0.2) is 24.1 Å². The zero-order valence-electron chi connectivity index (χ0n) is 10.7. The molecular weight excluding hydrogens is 249 g/mol. The van der Waals surface area contributed by atoms with Gasteiger partial charge in [-0.2, -0.15) is 9.37 Å². The number of nitrogens with one attached hydrogen (secondary N) is 1. The van der Waals surface area contributed by atoms with Crippen LogP contribution in [0.15, 0.2) is 30.5 Å². The third-order valence-electron chi connectivity index (χ3n) is 2.47. The highest BCUT2D eigenvalue weighted by atomic mass is 19.1. The maximum Gasteiger partial charge on any atom is 0.255 e. The van der Waals surface area contributed by atoms with Gasteiger partial charge in [-0.3, -0.25) is 0 Å². The first-order chi connectivity index (χ1) is 9.22. The van der Waals surface area contributed by atoms with Crippen LogP contribution in [-0.2, 0) is 6.61 Å². The van der Waals surface area contributed by atoms with Gasteiger partial charge in [0.05, 0.1) is 13.3 Å². The van der Waals surface area contributed by atoms with E-state index < -0.39 is 5.82 Å². The molecule has 1 aromatic heterocycles. The summed E-state index contributed by atoms with van der Waals surface area (Å²) in [4.78, 5) is 7.64. The van der Waals surface area contributed by atoms with E-state index in [1.54, 1.807) is 14.2 Å². The molecule has 0 aliphatic rings. The number of methoxy groups -OCH3 is 1. The van der Waals surface area contributed by atoms with Crippen molar-refractivity contribution < 1.29 is 13.9 Å². The Balaban J connectivity index is 2.05. The van der Waals surface area contributed by atoms with Crippen molar-refractivity contribution in [3.05, 3.63) is 41.8 Å². The van der Waals surface area contributed by atoms with Crippen LogP contribution in [0.5, 0.6) is 11.6 Å². The largest absolute Gasteiger partial charge is 0.497 e. The minimum Gasteiger partial charge on any atom is -0.497 e. The molecule has 1 aromatic carbocycles. The molecule has 2 aromatic rings. The molecule has 0 aliphatic heterocycles. The van der Waals surface area contributed by atoms with Crippen LogP contribution in [0.4, 0.5) is 10.3 Å². The Bertz CT molecular complexity index is 546. The van der Waals surface area contributed by atoms with E-state index in [4.69, 9.17) is 9.47 Å². The van der Waals surface area contributed by atoms with Crippen molar-refractivity contribution in [1.29, 1.82) is 0 Å². The lowest BCUT2D eigenvalue weighted by atomic mass is 10.2. The molecule has 1 heterocycles. The van der Waals surface area contributed by atoms with Gasteiger partial charge < -0.3 is 14.8 Å². The molecule has 0 bridgehead atoms. The maximum atomic E-state index is 13.4. The van der Waals surface area contributed by atoms with Crippen LogP contribution >= 0.6 is 0 Å². The van der Waals surface area contributed by atoms with Crippen LogP contribution < -0.4 is 14.8 Å². The lowest BCUT2D eigenvalue weighted by molar-refractivity contribution is 0.276. The third-order valence-corrected chi connectivity index (χ3v) is 2.47. The molecule has 0 radical (unpaired) electrons. The van der Waals surface area contributed by atoms with Crippen molar-refractivity contribution in [3.63, 3.8) is 0 Å². The van der Waals surface area contributed by atoms with E-state index in [-0.39, 0.29) is 12.5 Å². The van der Waals surface area contributed by atoms with Crippen molar-refractivity contribution in [2.24, 2.45) is 0 Å². The van der Waals surface area contributed by atoms with Crippen molar-refractivity contribution in [3.8, 4) is 11.6 Å². The van der Waals surface area contributed by atoms with Crippen LogP contribution in [0.1, 0.15) is 5.56 Å². The molecule has 6 heteroatoms. The van der Waals surface area contributed by atoms with E-state index in [0.29, 0.717) is 5.95 Å². The number of ether oxygens (including phenoxy) is 2. The first-order valence-electron chi connectivity index (χ1n) is 5.69. The van der Waals surface area contributed by atoms with Gasteiger partial charge in [0.1, 0.15) is 12.4 Å². The summed E-state index contributed by atoms with van der Waals surface area (Å²) >= 11 is 0. The fraction of sp³-hybridized carbons (Fsp3) is 0.231. The molecule has 2 rings (SSSR count).